The van der Waals surface area contributed by atoms with Gasteiger partial charge in [0.05, 0.1) is 17.1 Å². The zero-order valence-electron chi connectivity index (χ0n) is 43.4. The van der Waals surface area contributed by atoms with Gasteiger partial charge in [-0.05, 0) is 191 Å². The largest absolute Gasteiger partial charge is 0.256 e. The number of nitrogens with zero attached hydrogens (tertiary/aromatic N) is 3. The fourth-order valence-corrected chi connectivity index (χ4v) is 8.83. The molecule has 0 unspecified atom stereocenters. The second-order valence-electron chi connectivity index (χ2n) is 17.1. The van der Waals surface area contributed by atoms with E-state index in [2.05, 4.69) is 52.4 Å². The van der Waals surface area contributed by atoms with Crippen molar-refractivity contribution in [2.24, 2.45) is 0 Å². The van der Waals surface area contributed by atoms with Gasteiger partial charge in [0, 0.05) is 49.1 Å². The van der Waals surface area contributed by atoms with Crippen LogP contribution in [0.3, 0.4) is 0 Å². The van der Waals surface area contributed by atoms with Gasteiger partial charge in [-0.1, -0.05) is 109 Å². The lowest BCUT2D eigenvalue weighted by molar-refractivity contribution is 0.627. The molecule has 69 heavy (non-hydrogen) atoms. The molecule has 0 aliphatic heterocycles. The number of hydrogen-bond donors (Lipinski definition) is 0. The molecule has 0 atom stereocenters. The number of rotatable bonds is 13. The summed E-state index contributed by atoms with van der Waals surface area (Å²) in [6.07, 6.45) is 6.27. The fourth-order valence-electron chi connectivity index (χ4n) is 8.83. The molecule has 0 bridgehead atoms. The molecule has 7 aromatic carbocycles. The Morgan fingerprint density at radius 3 is 1.32 bits per heavy atom. The summed E-state index contributed by atoms with van der Waals surface area (Å²) in [5.74, 6) is -1.29. The van der Waals surface area contributed by atoms with Crippen LogP contribution in [0.4, 0.5) is 13.2 Å². The van der Waals surface area contributed by atoms with Crippen LogP contribution in [-0.4, -0.2) is 15.0 Å². The maximum absolute atomic E-state index is 15.9. The highest BCUT2D eigenvalue weighted by atomic mass is 19.1. The molecule has 3 heterocycles. The van der Waals surface area contributed by atoms with Gasteiger partial charge in [-0.3, -0.25) is 15.0 Å². The van der Waals surface area contributed by atoms with Crippen LogP contribution in [0.15, 0.2) is 207 Å². The first kappa shape index (κ1) is 37.8. The van der Waals surface area contributed by atoms with E-state index in [1.54, 1.807) is 42.7 Å². The van der Waals surface area contributed by atoms with Crippen molar-refractivity contribution in [3.8, 4) is 78.3 Å². The van der Waals surface area contributed by atoms with E-state index in [0.29, 0.717) is 57.6 Å². The molecule has 0 aliphatic carbocycles. The summed E-state index contributed by atoms with van der Waals surface area (Å²) in [6.45, 7) is -4.97. The summed E-state index contributed by atoms with van der Waals surface area (Å²) in [7, 11) is 0. The molecule has 0 N–H and O–H groups in total. The minimum absolute atomic E-state index is 0.130. The highest BCUT2D eigenvalue weighted by molar-refractivity contribution is 5.93. The maximum atomic E-state index is 15.9. The number of hydrogen-bond acceptors (Lipinski definition) is 3. The number of pyridine rings is 3. The van der Waals surface area contributed by atoms with Gasteiger partial charge in [0.1, 0.15) is 17.5 Å². The van der Waals surface area contributed by atoms with Crippen molar-refractivity contribution in [3.05, 3.63) is 257 Å². The molecule has 10 aromatic rings. The maximum Gasteiger partial charge on any atom is 0.123 e. The molecule has 3 nitrogen and oxygen atoms in total. The number of halogens is 3. The average Bonchev–Trinajstić information content (AvgIpc) is 3.42. The van der Waals surface area contributed by atoms with Gasteiger partial charge in [-0.2, -0.15) is 0 Å². The molecule has 6 heteroatoms. The first-order valence-corrected chi connectivity index (χ1v) is 22.8. The molecule has 336 valence electrons. The van der Waals surface area contributed by atoms with Crippen LogP contribution in [-0.2, 0) is 25.7 Å². The molecular weight excluding hydrogens is 856 g/mol. The number of aromatic nitrogens is 3. The van der Waals surface area contributed by atoms with E-state index >= 15 is 4.39 Å². The summed E-state index contributed by atoms with van der Waals surface area (Å²) in [4.78, 5) is 14.2. The van der Waals surface area contributed by atoms with Crippen LogP contribution in [0.1, 0.15) is 41.6 Å². The Kier molecular flexibility index (Phi) is 10.9. The van der Waals surface area contributed by atoms with E-state index in [0.717, 1.165) is 55.8 Å². The third kappa shape index (κ3) is 10.2. The van der Waals surface area contributed by atoms with E-state index in [1.807, 2.05) is 72.9 Å². The monoisotopic (exact) mass is 909 g/mol. The summed E-state index contributed by atoms with van der Waals surface area (Å²) < 4.78 is 94.6. The number of benzene rings is 7. The van der Waals surface area contributed by atoms with Crippen molar-refractivity contribution < 1.29 is 21.4 Å². The molecule has 0 radical (unpaired) electrons. The smallest absolute Gasteiger partial charge is 0.123 e. The zero-order valence-corrected chi connectivity index (χ0v) is 37.4. The summed E-state index contributed by atoms with van der Waals surface area (Å²) in [6, 6.07) is 55.7. The minimum Gasteiger partial charge on any atom is -0.256 e. The average molecular weight is 910 g/mol. The first-order valence-electron chi connectivity index (χ1n) is 25.8. The first-order chi connectivity index (χ1) is 36.1. The van der Waals surface area contributed by atoms with Crippen molar-refractivity contribution in [1.29, 1.82) is 0 Å². The Hall–Kier alpha value is -8.22. The van der Waals surface area contributed by atoms with Crippen LogP contribution in [0.5, 0.6) is 0 Å². The second kappa shape index (κ2) is 19.9. The molecular formula is C63H48F3N3. The molecule has 0 aliphatic rings. The van der Waals surface area contributed by atoms with Gasteiger partial charge in [-0.15, -0.1) is 0 Å². The van der Waals surface area contributed by atoms with E-state index in [1.165, 1.54) is 48.5 Å². The Labute approximate surface area is 410 Å². The van der Waals surface area contributed by atoms with Crippen LogP contribution >= 0.6 is 0 Å². The zero-order chi connectivity index (χ0) is 52.3. The standard InChI is InChI=1S/C63H48F3N3/c1-41-31-61(49-21-25-54(64)26-22-49)67-38-51(41)15-13-43-33-44(14-16-52-39-68-62(32-42(52)2)50-23-27-55(65)28-24-50)35-53(34-43)58-36-56(66)29-30-57(58)60-40-69-63(48-11-7-4-8-12-48)37-59(60)47-19-17-46(18-20-47)45-9-5-3-6-10-45/h3-12,17-40H,13-16H2,1-2H3/i1D3,2D3. The van der Waals surface area contributed by atoms with E-state index in [-0.39, 0.29) is 24.0 Å². The van der Waals surface area contributed by atoms with E-state index < -0.39 is 31.2 Å². The molecule has 0 fully saturated rings. The summed E-state index contributed by atoms with van der Waals surface area (Å²) in [5, 5.41) is 0. The van der Waals surface area contributed by atoms with Crippen molar-refractivity contribution in [3.63, 3.8) is 0 Å². The lowest BCUT2D eigenvalue weighted by Gasteiger charge is -2.18. The minimum atomic E-state index is -2.49. The van der Waals surface area contributed by atoms with Crippen LogP contribution in [0.2, 0.25) is 0 Å². The quantitative estimate of drug-likeness (QED) is 0.116. The van der Waals surface area contributed by atoms with Crippen LogP contribution in [0, 0.1) is 31.2 Å². The van der Waals surface area contributed by atoms with Gasteiger partial charge in [0.15, 0.2) is 0 Å². The molecule has 10 rings (SSSR count). The normalized spacial score (nSPS) is 12.9. The van der Waals surface area contributed by atoms with Gasteiger partial charge in [0.2, 0.25) is 0 Å². The SMILES string of the molecule is [2H]C([2H])([2H])c1cc(-c2ccc(F)cc2)ncc1CCc1cc(CCc2cnc(-c3ccc(F)cc3)cc2C([2H])([2H])[2H])cc(-c2cc(F)ccc2-c2cnc(-c3ccccc3)cc2-c2ccc(-c3ccccc3)cc2)c1. The van der Waals surface area contributed by atoms with Crippen molar-refractivity contribution in [1.82, 2.24) is 15.0 Å². The van der Waals surface area contributed by atoms with Crippen LogP contribution < -0.4 is 0 Å². The van der Waals surface area contributed by atoms with Gasteiger partial charge in [-0.25, -0.2) is 13.2 Å². The highest BCUT2D eigenvalue weighted by Gasteiger charge is 2.18. The van der Waals surface area contributed by atoms with Gasteiger partial charge in [0.25, 0.3) is 0 Å². The Morgan fingerprint density at radius 2 is 0.768 bits per heavy atom. The molecule has 0 amide bonds. The van der Waals surface area contributed by atoms with Crippen molar-refractivity contribution in [2.45, 2.75) is 39.4 Å². The summed E-state index contributed by atoms with van der Waals surface area (Å²) >= 11 is 0. The summed E-state index contributed by atoms with van der Waals surface area (Å²) in [5.41, 5.74) is 13.4. The van der Waals surface area contributed by atoms with Gasteiger partial charge < -0.3 is 0 Å². The van der Waals surface area contributed by atoms with Gasteiger partial charge >= 0.3 is 0 Å². The second-order valence-corrected chi connectivity index (χ2v) is 17.1. The van der Waals surface area contributed by atoms with E-state index in [4.69, 9.17) is 13.2 Å². The molecule has 0 saturated carbocycles. The Bertz CT molecular complexity index is 3510. The van der Waals surface area contributed by atoms with Crippen molar-refractivity contribution in [2.75, 3.05) is 0 Å². The van der Waals surface area contributed by atoms with Crippen LogP contribution in [0.25, 0.3) is 78.3 Å². The third-order valence-electron chi connectivity index (χ3n) is 12.5. The molecule has 3 aromatic heterocycles. The molecule has 0 spiro atoms. The highest BCUT2D eigenvalue weighted by Crippen LogP contribution is 2.41. The topological polar surface area (TPSA) is 38.7 Å². The number of aryl methyl sites for hydroxylation is 6. The molecule has 0 saturated heterocycles. The predicted molar refractivity (Wildman–Crippen MR) is 275 cm³/mol. The lowest BCUT2D eigenvalue weighted by Crippen LogP contribution is -2.01. The predicted octanol–water partition coefficient (Wildman–Crippen LogP) is 16.1. The fraction of sp³-hybridized carbons (Fsp3) is 0.0952. The Morgan fingerprint density at radius 1 is 0.333 bits per heavy atom. The lowest BCUT2D eigenvalue weighted by atomic mass is 9.87. The third-order valence-corrected chi connectivity index (χ3v) is 12.5. The van der Waals surface area contributed by atoms with E-state index in [9.17, 15) is 8.78 Å². The van der Waals surface area contributed by atoms with Crippen molar-refractivity contribution >= 4 is 0 Å². The Balaban J connectivity index is 1.08.